The zero-order chi connectivity index (χ0) is 23.8. The molecule has 0 radical (unpaired) electrons. The maximum atomic E-state index is 13.0. The van der Waals surface area contributed by atoms with Crippen molar-refractivity contribution in [2.75, 3.05) is 18.0 Å². The first-order chi connectivity index (χ1) is 14.9. The molecular formula is C22H34N6O4. The molecule has 1 aliphatic heterocycles. The minimum atomic E-state index is -0.568. The molecule has 10 heteroatoms. The number of aryl methyl sites for hydroxylation is 1. The van der Waals surface area contributed by atoms with Crippen LogP contribution < -0.4 is 21.5 Å². The molecule has 2 aromatic heterocycles. The molecule has 3 rings (SSSR count). The first kappa shape index (κ1) is 23.6. The van der Waals surface area contributed by atoms with Crippen molar-refractivity contribution in [3.05, 3.63) is 32.5 Å². The average Bonchev–Trinajstić information content (AvgIpc) is 3.07. The molecule has 1 amide bonds. The molecule has 0 aliphatic carbocycles. The van der Waals surface area contributed by atoms with E-state index in [1.54, 1.807) is 7.05 Å². The van der Waals surface area contributed by atoms with Crippen molar-refractivity contribution >= 4 is 23.2 Å². The Kier molecular flexibility index (Phi) is 6.52. The van der Waals surface area contributed by atoms with Crippen LogP contribution >= 0.6 is 0 Å². The highest BCUT2D eigenvalue weighted by Crippen LogP contribution is 2.24. The van der Waals surface area contributed by atoms with E-state index in [0.29, 0.717) is 30.2 Å². The number of hydrogen-bond acceptors (Lipinski definition) is 6. The summed E-state index contributed by atoms with van der Waals surface area (Å²) in [6, 6.07) is -0.109. The average molecular weight is 447 g/mol. The lowest BCUT2D eigenvalue weighted by molar-refractivity contribution is 0.0500. The molecule has 176 valence electrons. The molecule has 3 heterocycles. The number of amides is 1. The molecule has 1 saturated heterocycles. The van der Waals surface area contributed by atoms with Gasteiger partial charge < -0.3 is 19.5 Å². The standard InChI is InChI=1S/C22H34N6O4/c1-14(2)10-12-28-16-17(25(6)21(31)26(7)18(16)29)24-19(28)27-11-8-9-15(13-27)23-20(30)32-22(3,4)5/h10,15H,8-9,11-13H2,1-7H3,(H,23,30)/t15-/m0/s1. The fraction of sp³-hybridized carbons (Fsp3) is 0.636. The molecular weight excluding hydrogens is 412 g/mol. The number of carbonyl (C=O) groups excluding carboxylic acids is 1. The van der Waals surface area contributed by atoms with Gasteiger partial charge in [-0.05, 0) is 47.5 Å². The second kappa shape index (κ2) is 8.84. The molecule has 1 fully saturated rings. The highest BCUT2D eigenvalue weighted by Gasteiger charge is 2.28. The zero-order valence-corrected chi connectivity index (χ0v) is 20.1. The van der Waals surface area contributed by atoms with E-state index >= 15 is 0 Å². The predicted octanol–water partition coefficient (Wildman–Crippen LogP) is 1.89. The fourth-order valence-electron chi connectivity index (χ4n) is 3.87. The number of aromatic nitrogens is 4. The second-order valence-corrected chi connectivity index (χ2v) is 9.61. The Labute approximate surface area is 187 Å². The molecule has 1 atom stereocenters. The number of nitrogens with zero attached hydrogens (tertiary/aromatic N) is 5. The number of ether oxygens (including phenoxy) is 1. The predicted molar refractivity (Wildman–Crippen MR) is 124 cm³/mol. The van der Waals surface area contributed by atoms with Crippen molar-refractivity contribution in [3.63, 3.8) is 0 Å². The van der Waals surface area contributed by atoms with Gasteiger partial charge in [-0.25, -0.2) is 9.59 Å². The van der Waals surface area contributed by atoms with Crippen LogP contribution in [-0.4, -0.2) is 49.5 Å². The molecule has 1 N–H and O–H groups in total. The van der Waals surface area contributed by atoms with Crippen LogP contribution in [0.5, 0.6) is 0 Å². The largest absolute Gasteiger partial charge is 0.444 e. The van der Waals surface area contributed by atoms with E-state index in [1.807, 2.05) is 45.3 Å². The molecule has 0 unspecified atom stereocenters. The van der Waals surface area contributed by atoms with E-state index in [1.165, 1.54) is 11.6 Å². The highest BCUT2D eigenvalue weighted by atomic mass is 16.6. The number of alkyl carbamates (subject to hydrolysis) is 1. The maximum Gasteiger partial charge on any atom is 0.407 e. The van der Waals surface area contributed by atoms with Gasteiger partial charge >= 0.3 is 11.8 Å². The van der Waals surface area contributed by atoms with Gasteiger partial charge in [0.05, 0.1) is 0 Å². The van der Waals surface area contributed by atoms with Gasteiger partial charge in [0.15, 0.2) is 11.2 Å². The summed E-state index contributed by atoms with van der Waals surface area (Å²) in [6.07, 6.45) is 3.25. The van der Waals surface area contributed by atoms with Gasteiger partial charge in [0.1, 0.15) is 5.60 Å². The van der Waals surface area contributed by atoms with Crippen molar-refractivity contribution in [3.8, 4) is 0 Å². The lowest BCUT2D eigenvalue weighted by Crippen LogP contribution is -2.49. The van der Waals surface area contributed by atoms with Crippen LogP contribution in [0.15, 0.2) is 21.2 Å². The first-order valence-corrected chi connectivity index (χ1v) is 10.9. The molecule has 0 bridgehead atoms. The normalized spacial score (nSPS) is 16.8. The molecule has 10 nitrogen and oxygen atoms in total. The summed E-state index contributed by atoms with van der Waals surface area (Å²) < 4.78 is 9.77. The number of anilines is 1. The summed E-state index contributed by atoms with van der Waals surface area (Å²) >= 11 is 0. The molecule has 0 spiro atoms. The second-order valence-electron chi connectivity index (χ2n) is 9.61. The van der Waals surface area contributed by atoms with E-state index < -0.39 is 17.4 Å². The molecule has 1 aliphatic rings. The highest BCUT2D eigenvalue weighted by molar-refractivity contribution is 5.75. The van der Waals surface area contributed by atoms with Crippen molar-refractivity contribution in [2.24, 2.45) is 14.1 Å². The molecule has 32 heavy (non-hydrogen) atoms. The van der Waals surface area contributed by atoms with Gasteiger partial charge in [0.25, 0.3) is 5.56 Å². The van der Waals surface area contributed by atoms with Crippen molar-refractivity contribution in [2.45, 2.75) is 65.6 Å². The van der Waals surface area contributed by atoms with E-state index in [4.69, 9.17) is 9.72 Å². The summed E-state index contributed by atoms with van der Waals surface area (Å²) in [7, 11) is 3.10. The Morgan fingerprint density at radius 3 is 2.53 bits per heavy atom. The van der Waals surface area contributed by atoms with Crippen LogP contribution in [0.4, 0.5) is 10.7 Å². The number of fused-ring (bicyclic) bond motifs is 1. The number of nitrogens with one attached hydrogen (secondary N) is 1. The lowest BCUT2D eigenvalue weighted by Gasteiger charge is -2.34. The smallest absolute Gasteiger partial charge is 0.407 e. The maximum absolute atomic E-state index is 13.0. The van der Waals surface area contributed by atoms with Gasteiger partial charge in [0, 0.05) is 39.8 Å². The van der Waals surface area contributed by atoms with Crippen LogP contribution in [-0.2, 0) is 25.4 Å². The van der Waals surface area contributed by atoms with E-state index in [9.17, 15) is 14.4 Å². The Morgan fingerprint density at radius 1 is 1.22 bits per heavy atom. The summed E-state index contributed by atoms with van der Waals surface area (Å²) in [5.74, 6) is 0.617. The van der Waals surface area contributed by atoms with Crippen LogP contribution in [0.1, 0.15) is 47.5 Å². The first-order valence-electron chi connectivity index (χ1n) is 10.9. The van der Waals surface area contributed by atoms with Gasteiger partial charge in [-0.15, -0.1) is 0 Å². The molecule has 0 saturated carbocycles. The number of imidazole rings is 1. The molecule has 2 aromatic rings. The fourth-order valence-corrected chi connectivity index (χ4v) is 3.87. The number of hydrogen-bond donors (Lipinski definition) is 1. The van der Waals surface area contributed by atoms with Crippen LogP contribution in [0.25, 0.3) is 11.2 Å². The minimum absolute atomic E-state index is 0.109. The minimum Gasteiger partial charge on any atom is -0.444 e. The van der Waals surface area contributed by atoms with Crippen molar-refractivity contribution < 1.29 is 9.53 Å². The van der Waals surface area contributed by atoms with E-state index in [2.05, 4.69) is 10.2 Å². The summed E-state index contributed by atoms with van der Waals surface area (Å²) in [5, 5.41) is 2.95. The topological polar surface area (TPSA) is 103 Å². The van der Waals surface area contributed by atoms with Gasteiger partial charge in [0.2, 0.25) is 5.95 Å². The quantitative estimate of drug-likeness (QED) is 0.720. The van der Waals surface area contributed by atoms with Crippen LogP contribution in [0, 0.1) is 0 Å². The van der Waals surface area contributed by atoms with Gasteiger partial charge in [-0.1, -0.05) is 11.6 Å². The lowest BCUT2D eigenvalue weighted by atomic mass is 10.1. The Bertz CT molecular complexity index is 1160. The zero-order valence-electron chi connectivity index (χ0n) is 20.1. The van der Waals surface area contributed by atoms with E-state index in [-0.39, 0.29) is 11.6 Å². The van der Waals surface area contributed by atoms with Crippen LogP contribution in [0.2, 0.25) is 0 Å². The number of allylic oxidation sites excluding steroid dienone is 2. The third-order valence-electron chi connectivity index (χ3n) is 5.44. The van der Waals surface area contributed by atoms with Crippen molar-refractivity contribution in [1.29, 1.82) is 0 Å². The number of carbonyl (C=O) groups is 1. The third kappa shape index (κ3) is 4.89. The number of piperidine rings is 1. The Hall–Kier alpha value is -3.04. The summed E-state index contributed by atoms with van der Waals surface area (Å²) in [4.78, 5) is 44.5. The SMILES string of the molecule is CC(C)=CCn1c(N2CCC[C@H](NC(=O)OC(C)(C)C)C2)nc2c1c(=O)n(C)c(=O)n2C. The Balaban J connectivity index is 2.01. The monoisotopic (exact) mass is 446 g/mol. The summed E-state index contributed by atoms with van der Waals surface area (Å²) in [5.41, 5.74) is 0.513. The van der Waals surface area contributed by atoms with Crippen molar-refractivity contribution in [1.82, 2.24) is 24.0 Å². The van der Waals surface area contributed by atoms with Crippen LogP contribution in [0.3, 0.4) is 0 Å². The van der Waals surface area contributed by atoms with E-state index in [0.717, 1.165) is 29.5 Å². The molecule has 0 aromatic carbocycles. The number of rotatable bonds is 4. The summed E-state index contributed by atoms with van der Waals surface area (Å²) in [6.45, 7) is 11.2. The third-order valence-corrected chi connectivity index (χ3v) is 5.44. The van der Waals surface area contributed by atoms with Gasteiger partial charge in [-0.3, -0.25) is 13.9 Å². The Morgan fingerprint density at radius 2 is 1.91 bits per heavy atom. The van der Waals surface area contributed by atoms with Gasteiger partial charge in [-0.2, -0.15) is 4.98 Å².